The molecule has 0 aliphatic heterocycles. The highest BCUT2D eigenvalue weighted by Gasteiger charge is 2.16. The summed E-state index contributed by atoms with van der Waals surface area (Å²) in [4.78, 5) is 8.64. The molecule has 20 heavy (non-hydrogen) atoms. The molecule has 1 N–H and O–H groups in total. The van der Waals surface area contributed by atoms with E-state index < -0.39 is 0 Å². The van der Waals surface area contributed by atoms with Crippen LogP contribution in [0.5, 0.6) is 5.75 Å². The van der Waals surface area contributed by atoms with Crippen LogP contribution >= 0.6 is 0 Å². The Balaban J connectivity index is 2.38. The summed E-state index contributed by atoms with van der Waals surface area (Å²) in [5.74, 6) is 0.771. The smallest absolute Gasteiger partial charge is 0.137 e. The second kappa shape index (κ2) is 7.01. The van der Waals surface area contributed by atoms with Crippen LogP contribution in [0.1, 0.15) is 36.2 Å². The van der Waals surface area contributed by atoms with E-state index in [0.29, 0.717) is 0 Å². The van der Waals surface area contributed by atoms with Crippen LogP contribution in [0.3, 0.4) is 0 Å². The number of pyridine rings is 2. The van der Waals surface area contributed by atoms with Crippen molar-refractivity contribution in [1.29, 1.82) is 0 Å². The summed E-state index contributed by atoms with van der Waals surface area (Å²) in [6.07, 6.45) is 6.49. The largest absolute Gasteiger partial charge is 0.495 e. The molecule has 0 aliphatic carbocycles. The Hall–Kier alpha value is -1.94. The van der Waals surface area contributed by atoms with Crippen LogP contribution in [0.15, 0.2) is 36.8 Å². The van der Waals surface area contributed by atoms with Gasteiger partial charge >= 0.3 is 0 Å². The lowest BCUT2D eigenvalue weighted by Gasteiger charge is -2.21. The molecule has 0 aromatic carbocycles. The molecule has 106 valence electrons. The molecular formula is C16H21N3O. The van der Waals surface area contributed by atoms with Crippen molar-refractivity contribution >= 4 is 0 Å². The van der Waals surface area contributed by atoms with Gasteiger partial charge in [0, 0.05) is 18.1 Å². The fraction of sp³-hybridized carbons (Fsp3) is 0.375. The number of hydrogen-bond donors (Lipinski definition) is 1. The number of rotatable bonds is 6. The number of aromatic nitrogens is 2. The van der Waals surface area contributed by atoms with E-state index >= 15 is 0 Å². The van der Waals surface area contributed by atoms with Gasteiger partial charge in [-0.25, -0.2) is 0 Å². The fourth-order valence-electron chi connectivity index (χ4n) is 2.20. The maximum absolute atomic E-state index is 5.27. The van der Waals surface area contributed by atoms with E-state index in [0.717, 1.165) is 30.0 Å². The zero-order chi connectivity index (χ0) is 14.4. The Kier molecular flexibility index (Phi) is 5.07. The number of aryl methyl sites for hydroxylation is 1. The van der Waals surface area contributed by atoms with Gasteiger partial charge in [-0.1, -0.05) is 13.0 Å². The summed E-state index contributed by atoms with van der Waals surface area (Å²) in [5.41, 5.74) is 3.30. The molecule has 0 saturated carbocycles. The van der Waals surface area contributed by atoms with E-state index in [1.807, 2.05) is 31.5 Å². The summed E-state index contributed by atoms with van der Waals surface area (Å²) in [7, 11) is 1.66. The molecule has 0 saturated heterocycles. The first-order valence-electron chi connectivity index (χ1n) is 6.90. The molecule has 0 fully saturated rings. The summed E-state index contributed by atoms with van der Waals surface area (Å²) in [5, 5.41) is 3.56. The van der Waals surface area contributed by atoms with Crippen LogP contribution in [-0.2, 0) is 0 Å². The van der Waals surface area contributed by atoms with Crippen LogP contribution in [0.2, 0.25) is 0 Å². The quantitative estimate of drug-likeness (QED) is 0.877. The predicted molar refractivity (Wildman–Crippen MR) is 79.9 cm³/mol. The lowest BCUT2D eigenvalue weighted by Crippen LogP contribution is -2.24. The summed E-state index contributed by atoms with van der Waals surface area (Å²) >= 11 is 0. The molecule has 0 aliphatic rings. The van der Waals surface area contributed by atoms with Crippen molar-refractivity contribution in [2.75, 3.05) is 13.7 Å². The standard InChI is InChI=1S/C16H21N3O/c1-4-7-19-16(15-6-5-8-18-12(15)2)13-9-14(20-3)11-17-10-13/h5-6,8-11,16,19H,4,7H2,1-3H3. The van der Waals surface area contributed by atoms with Gasteiger partial charge in [-0.2, -0.15) is 0 Å². The molecule has 2 aromatic heterocycles. The summed E-state index contributed by atoms with van der Waals surface area (Å²) < 4.78 is 5.27. The maximum Gasteiger partial charge on any atom is 0.137 e. The molecule has 4 nitrogen and oxygen atoms in total. The van der Waals surface area contributed by atoms with Gasteiger partial charge in [0.1, 0.15) is 5.75 Å². The SMILES string of the molecule is CCCNC(c1cncc(OC)c1)c1cccnc1C. The van der Waals surface area contributed by atoms with Crippen molar-refractivity contribution in [3.63, 3.8) is 0 Å². The highest BCUT2D eigenvalue weighted by atomic mass is 16.5. The van der Waals surface area contributed by atoms with Gasteiger partial charge in [-0.15, -0.1) is 0 Å². The van der Waals surface area contributed by atoms with E-state index in [4.69, 9.17) is 4.74 Å². The van der Waals surface area contributed by atoms with Gasteiger partial charge in [0.2, 0.25) is 0 Å². The van der Waals surface area contributed by atoms with E-state index in [-0.39, 0.29) is 6.04 Å². The predicted octanol–water partition coefficient (Wildman–Crippen LogP) is 2.88. The minimum absolute atomic E-state index is 0.0891. The number of hydrogen-bond acceptors (Lipinski definition) is 4. The Morgan fingerprint density at radius 1 is 1.35 bits per heavy atom. The van der Waals surface area contributed by atoms with E-state index in [1.54, 1.807) is 13.3 Å². The average molecular weight is 271 g/mol. The molecule has 0 amide bonds. The van der Waals surface area contributed by atoms with Crippen molar-refractivity contribution in [3.8, 4) is 5.75 Å². The Morgan fingerprint density at radius 2 is 2.20 bits per heavy atom. The highest BCUT2D eigenvalue weighted by Crippen LogP contribution is 2.25. The lowest BCUT2D eigenvalue weighted by molar-refractivity contribution is 0.411. The van der Waals surface area contributed by atoms with Crippen molar-refractivity contribution in [2.24, 2.45) is 0 Å². The van der Waals surface area contributed by atoms with Crippen molar-refractivity contribution in [2.45, 2.75) is 26.3 Å². The summed E-state index contributed by atoms with van der Waals surface area (Å²) in [6, 6.07) is 6.18. The van der Waals surface area contributed by atoms with Crippen LogP contribution in [0, 0.1) is 6.92 Å². The Bertz CT molecular complexity index is 557. The molecular weight excluding hydrogens is 250 g/mol. The van der Waals surface area contributed by atoms with Gasteiger partial charge in [-0.3, -0.25) is 9.97 Å². The first-order chi connectivity index (χ1) is 9.76. The third-order valence-corrected chi connectivity index (χ3v) is 3.26. The molecule has 4 heteroatoms. The van der Waals surface area contributed by atoms with Crippen LogP contribution in [0.4, 0.5) is 0 Å². The molecule has 0 radical (unpaired) electrons. The van der Waals surface area contributed by atoms with E-state index in [9.17, 15) is 0 Å². The molecule has 0 bridgehead atoms. The minimum Gasteiger partial charge on any atom is -0.495 e. The van der Waals surface area contributed by atoms with Gasteiger partial charge in [-0.05, 0) is 43.1 Å². The zero-order valence-corrected chi connectivity index (χ0v) is 12.3. The van der Waals surface area contributed by atoms with Crippen LogP contribution < -0.4 is 10.1 Å². The Morgan fingerprint density at radius 3 is 2.90 bits per heavy atom. The topological polar surface area (TPSA) is 47.0 Å². The van der Waals surface area contributed by atoms with Crippen LogP contribution in [0.25, 0.3) is 0 Å². The molecule has 2 heterocycles. The lowest BCUT2D eigenvalue weighted by atomic mass is 9.99. The van der Waals surface area contributed by atoms with E-state index in [2.05, 4.69) is 28.3 Å². The first-order valence-corrected chi connectivity index (χ1v) is 6.90. The fourth-order valence-corrected chi connectivity index (χ4v) is 2.20. The van der Waals surface area contributed by atoms with Gasteiger partial charge < -0.3 is 10.1 Å². The Labute approximate surface area is 120 Å². The summed E-state index contributed by atoms with van der Waals surface area (Å²) in [6.45, 7) is 5.13. The van der Waals surface area contributed by atoms with E-state index in [1.165, 1.54) is 5.56 Å². The minimum atomic E-state index is 0.0891. The first kappa shape index (κ1) is 14.5. The second-order valence-corrected chi connectivity index (χ2v) is 4.72. The molecule has 2 aromatic rings. The van der Waals surface area contributed by atoms with Gasteiger partial charge in [0.15, 0.2) is 0 Å². The van der Waals surface area contributed by atoms with Crippen molar-refractivity contribution < 1.29 is 4.74 Å². The second-order valence-electron chi connectivity index (χ2n) is 4.72. The molecule has 1 unspecified atom stereocenters. The monoisotopic (exact) mass is 271 g/mol. The van der Waals surface area contributed by atoms with Gasteiger partial charge in [0.25, 0.3) is 0 Å². The maximum atomic E-state index is 5.27. The number of nitrogens with one attached hydrogen (secondary N) is 1. The average Bonchev–Trinajstić information content (AvgIpc) is 2.49. The third-order valence-electron chi connectivity index (χ3n) is 3.26. The van der Waals surface area contributed by atoms with Crippen molar-refractivity contribution in [1.82, 2.24) is 15.3 Å². The number of methoxy groups -OCH3 is 1. The number of ether oxygens (including phenoxy) is 1. The normalized spacial score (nSPS) is 12.2. The molecule has 0 spiro atoms. The molecule has 2 rings (SSSR count). The zero-order valence-electron chi connectivity index (χ0n) is 12.3. The third kappa shape index (κ3) is 3.33. The molecule has 1 atom stereocenters. The highest BCUT2D eigenvalue weighted by molar-refractivity contribution is 5.35. The van der Waals surface area contributed by atoms with Crippen molar-refractivity contribution in [3.05, 3.63) is 53.6 Å². The number of nitrogens with zero attached hydrogens (tertiary/aromatic N) is 2. The van der Waals surface area contributed by atoms with Crippen LogP contribution in [-0.4, -0.2) is 23.6 Å². The van der Waals surface area contributed by atoms with Gasteiger partial charge in [0.05, 0.1) is 19.3 Å².